The average Bonchev–Trinajstić information content (AvgIpc) is 3.03. The fraction of sp³-hybridized carbons (Fsp3) is 0.688. The molecule has 0 atom stereocenters. The molecule has 1 fully saturated rings. The van der Waals surface area contributed by atoms with Gasteiger partial charge in [-0.2, -0.15) is 0 Å². The minimum atomic E-state index is 0.125. The molecule has 1 aliphatic heterocycles. The van der Waals surface area contributed by atoms with Crippen LogP contribution in [-0.4, -0.2) is 42.1 Å². The maximum atomic E-state index is 11.5. The number of carbonyl (C=O) groups excluding carboxylic acids is 1. The fourth-order valence-electron chi connectivity index (χ4n) is 2.57. The van der Waals surface area contributed by atoms with Gasteiger partial charge in [-0.05, 0) is 26.2 Å². The zero-order valence-electron chi connectivity index (χ0n) is 13.7. The quantitative estimate of drug-likeness (QED) is 0.720. The van der Waals surface area contributed by atoms with Crippen LogP contribution >= 0.6 is 0 Å². The largest absolute Gasteiger partial charge is 0.368 e. The van der Waals surface area contributed by atoms with Crippen molar-refractivity contribution in [3.05, 3.63) is 11.9 Å². The molecule has 1 amide bonds. The molecule has 6 nitrogen and oxygen atoms in total. The third-order valence-corrected chi connectivity index (χ3v) is 3.77. The zero-order valence-corrected chi connectivity index (χ0v) is 13.7. The first-order valence-electron chi connectivity index (χ1n) is 8.30. The van der Waals surface area contributed by atoms with E-state index in [1.807, 2.05) is 13.0 Å². The van der Waals surface area contributed by atoms with Crippen LogP contribution in [0.25, 0.3) is 0 Å². The van der Waals surface area contributed by atoms with Crippen molar-refractivity contribution in [1.29, 1.82) is 0 Å². The highest BCUT2D eigenvalue weighted by Gasteiger charge is 2.14. The molecule has 1 aromatic rings. The van der Waals surface area contributed by atoms with Gasteiger partial charge >= 0.3 is 0 Å². The summed E-state index contributed by atoms with van der Waals surface area (Å²) in [6.07, 6.45) is 5.07. The van der Waals surface area contributed by atoms with Crippen molar-refractivity contribution in [3.8, 4) is 0 Å². The number of aryl methyl sites for hydroxylation is 1. The van der Waals surface area contributed by atoms with E-state index in [1.165, 1.54) is 12.8 Å². The zero-order chi connectivity index (χ0) is 15.8. The molecule has 2 heterocycles. The summed E-state index contributed by atoms with van der Waals surface area (Å²) in [6.45, 7) is 7.44. The monoisotopic (exact) mass is 305 g/mol. The third kappa shape index (κ3) is 5.16. The predicted octanol–water partition coefficient (Wildman–Crippen LogP) is 2.10. The van der Waals surface area contributed by atoms with Gasteiger partial charge in [-0.1, -0.05) is 13.3 Å². The number of unbranched alkanes of at least 4 members (excludes halogenated alkanes) is 1. The fourth-order valence-corrected chi connectivity index (χ4v) is 2.57. The molecule has 1 aliphatic rings. The van der Waals surface area contributed by atoms with Crippen molar-refractivity contribution in [2.45, 2.75) is 46.0 Å². The molecule has 0 saturated carbocycles. The Kier molecular flexibility index (Phi) is 6.43. The van der Waals surface area contributed by atoms with Crippen molar-refractivity contribution in [1.82, 2.24) is 15.3 Å². The minimum absolute atomic E-state index is 0.125. The van der Waals surface area contributed by atoms with Crippen molar-refractivity contribution < 1.29 is 4.79 Å². The highest BCUT2D eigenvalue weighted by molar-refractivity contribution is 5.75. The summed E-state index contributed by atoms with van der Waals surface area (Å²) in [5, 5.41) is 6.19. The molecular formula is C16H27N5O. The van der Waals surface area contributed by atoms with Crippen LogP contribution in [0.5, 0.6) is 0 Å². The molecule has 1 saturated heterocycles. The molecule has 0 bridgehead atoms. The van der Waals surface area contributed by atoms with Crippen LogP contribution in [0, 0.1) is 6.92 Å². The molecule has 0 aliphatic carbocycles. The van der Waals surface area contributed by atoms with Crippen molar-refractivity contribution in [2.24, 2.45) is 0 Å². The Balaban J connectivity index is 1.78. The number of nitrogens with one attached hydrogen (secondary N) is 2. The average molecular weight is 305 g/mol. The molecule has 2 rings (SSSR count). The van der Waals surface area contributed by atoms with Gasteiger partial charge in [0.25, 0.3) is 0 Å². The minimum Gasteiger partial charge on any atom is -0.368 e. The predicted molar refractivity (Wildman–Crippen MR) is 89.2 cm³/mol. The summed E-state index contributed by atoms with van der Waals surface area (Å²) in [5.41, 5.74) is 0. The number of anilines is 2. The van der Waals surface area contributed by atoms with Crippen molar-refractivity contribution in [2.75, 3.05) is 36.4 Å². The standard InChI is InChI=1S/C16H27N5O/c1-3-4-7-16(22)18-9-8-17-14-12-15(20-13(2)19-14)21-10-5-6-11-21/h12H,3-11H2,1-2H3,(H,18,22)(H,17,19,20). The van der Waals surface area contributed by atoms with Crippen LogP contribution in [0.4, 0.5) is 11.6 Å². The van der Waals surface area contributed by atoms with Crippen molar-refractivity contribution >= 4 is 17.5 Å². The lowest BCUT2D eigenvalue weighted by Crippen LogP contribution is -2.28. The molecular weight excluding hydrogens is 278 g/mol. The van der Waals surface area contributed by atoms with Crippen LogP contribution in [0.3, 0.4) is 0 Å². The Morgan fingerprint density at radius 3 is 2.77 bits per heavy atom. The second-order valence-electron chi connectivity index (χ2n) is 5.73. The van der Waals surface area contributed by atoms with Crippen LogP contribution in [0.15, 0.2) is 6.07 Å². The summed E-state index contributed by atoms with van der Waals surface area (Å²) in [7, 11) is 0. The van der Waals surface area contributed by atoms with E-state index >= 15 is 0 Å². The molecule has 0 spiro atoms. The van der Waals surface area contributed by atoms with Gasteiger partial charge in [-0.25, -0.2) is 9.97 Å². The van der Waals surface area contributed by atoms with E-state index in [1.54, 1.807) is 0 Å². The number of carbonyl (C=O) groups is 1. The summed E-state index contributed by atoms with van der Waals surface area (Å²) >= 11 is 0. The lowest BCUT2D eigenvalue weighted by atomic mass is 10.2. The Labute approximate surface area is 132 Å². The molecule has 0 radical (unpaired) electrons. The smallest absolute Gasteiger partial charge is 0.220 e. The Morgan fingerprint density at radius 1 is 1.27 bits per heavy atom. The van der Waals surface area contributed by atoms with Gasteiger partial charge in [0.2, 0.25) is 5.91 Å². The summed E-state index contributed by atoms with van der Waals surface area (Å²) in [6, 6.07) is 2.00. The third-order valence-electron chi connectivity index (χ3n) is 3.77. The number of amides is 1. The maximum absolute atomic E-state index is 11.5. The lowest BCUT2D eigenvalue weighted by molar-refractivity contribution is -0.121. The second-order valence-corrected chi connectivity index (χ2v) is 5.73. The van der Waals surface area contributed by atoms with Crippen LogP contribution in [0.1, 0.15) is 44.9 Å². The van der Waals surface area contributed by atoms with Crippen LogP contribution in [0.2, 0.25) is 0 Å². The van der Waals surface area contributed by atoms with Gasteiger partial charge in [0.15, 0.2) is 0 Å². The highest BCUT2D eigenvalue weighted by Crippen LogP contribution is 2.20. The molecule has 0 aromatic carbocycles. The van der Waals surface area contributed by atoms with Gasteiger partial charge in [0.1, 0.15) is 17.5 Å². The van der Waals surface area contributed by atoms with Crippen LogP contribution < -0.4 is 15.5 Å². The topological polar surface area (TPSA) is 70.2 Å². The van der Waals surface area contributed by atoms with Gasteiger partial charge in [-0.3, -0.25) is 4.79 Å². The van der Waals surface area contributed by atoms with E-state index in [0.717, 1.165) is 43.4 Å². The Bertz CT molecular complexity index is 485. The van der Waals surface area contributed by atoms with E-state index in [9.17, 15) is 4.79 Å². The Hall–Kier alpha value is -1.85. The Morgan fingerprint density at radius 2 is 2.05 bits per heavy atom. The van der Waals surface area contributed by atoms with E-state index in [0.29, 0.717) is 19.5 Å². The summed E-state index contributed by atoms with van der Waals surface area (Å²) in [5.74, 6) is 2.73. The number of rotatable bonds is 8. The molecule has 0 unspecified atom stereocenters. The van der Waals surface area contributed by atoms with Gasteiger partial charge < -0.3 is 15.5 Å². The van der Waals surface area contributed by atoms with Crippen LogP contribution in [-0.2, 0) is 4.79 Å². The molecule has 1 aromatic heterocycles. The summed E-state index contributed by atoms with van der Waals surface area (Å²) in [4.78, 5) is 22.7. The molecule has 2 N–H and O–H groups in total. The lowest BCUT2D eigenvalue weighted by Gasteiger charge is -2.17. The van der Waals surface area contributed by atoms with E-state index in [4.69, 9.17) is 0 Å². The highest BCUT2D eigenvalue weighted by atomic mass is 16.1. The number of hydrogen-bond donors (Lipinski definition) is 2. The number of nitrogens with zero attached hydrogens (tertiary/aromatic N) is 3. The SMILES string of the molecule is CCCCC(=O)NCCNc1cc(N2CCCC2)nc(C)n1. The van der Waals surface area contributed by atoms with E-state index in [-0.39, 0.29) is 5.91 Å². The first-order chi connectivity index (χ1) is 10.7. The summed E-state index contributed by atoms with van der Waals surface area (Å²) < 4.78 is 0. The van der Waals surface area contributed by atoms with Gasteiger partial charge in [0.05, 0.1) is 0 Å². The molecule has 22 heavy (non-hydrogen) atoms. The number of aromatic nitrogens is 2. The second kappa shape index (κ2) is 8.56. The van der Waals surface area contributed by atoms with Gasteiger partial charge in [0, 0.05) is 38.7 Å². The normalized spacial score (nSPS) is 14.2. The van der Waals surface area contributed by atoms with Crippen molar-refractivity contribution in [3.63, 3.8) is 0 Å². The first-order valence-corrected chi connectivity index (χ1v) is 8.30. The maximum Gasteiger partial charge on any atom is 0.220 e. The molecule has 122 valence electrons. The van der Waals surface area contributed by atoms with Gasteiger partial charge in [-0.15, -0.1) is 0 Å². The van der Waals surface area contributed by atoms with E-state index in [2.05, 4.69) is 32.4 Å². The first kappa shape index (κ1) is 16.5. The molecule has 6 heteroatoms. The van der Waals surface area contributed by atoms with E-state index < -0.39 is 0 Å². The number of hydrogen-bond acceptors (Lipinski definition) is 5.